The van der Waals surface area contributed by atoms with Crippen LogP contribution < -0.4 is 10.1 Å². The third-order valence-corrected chi connectivity index (χ3v) is 8.51. The maximum atomic E-state index is 14.4. The predicted molar refractivity (Wildman–Crippen MR) is 153 cm³/mol. The van der Waals surface area contributed by atoms with Gasteiger partial charge in [0.1, 0.15) is 23.5 Å². The van der Waals surface area contributed by atoms with Crippen LogP contribution in [0.5, 0.6) is 5.75 Å². The van der Waals surface area contributed by atoms with E-state index in [0.29, 0.717) is 21.8 Å². The number of anilines is 1. The van der Waals surface area contributed by atoms with E-state index in [2.05, 4.69) is 5.32 Å². The summed E-state index contributed by atoms with van der Waals surface area (Å²) in [5.41, 5.74) is 4.71. The lowest BCUT2D eigenvalue weighted by molar-refractivity contribution is -0.119. The highest BCUT2D eigenvalue weighted by Crippen LogP contribution is 2.49. The van der Waals surface area contributed by atoms with Crippen LogP contribution in [0.1, 0.15) is 49.5 Å². The Labute approximate surface area is 235 Å². The SMILES string of the molecule is COc1cc(-c2sc(F)cc2NC(=O)OC(C)c2cc(F)ccc2C)ccc1-c1ccc(C2(C(C)=O)CC2)cc1. The number of methoxy groups -OCH3 is 1. The summed E-state index contributed by atoms with van der Waals surface area (Å²) >= 11 is 0.890. The van der Waals surface area contributed by atoms with Gasteiger partial charge in [-0.1, -0.05) is 42.5 Å². The van der Waals surface area contributed by atoms with Gasteiger partial charge in [-0.25, -0.2) is 9.18 Å². The van der Waals surface area contributed by atoms with Gasteiger partial charge in [0.25, 0.3) is 0 Å². The molecule has 5 nitrogen and oxygen atoms in total. The number of aryl methyl sites for hydroxylation is 1. The van der Waals surface area contributed by atoms with Gasteiger partial charge < -0.3 is 9.47 Å². The molecule has 0 radical (unpaired) electrons. The van der Waals surface area contributed by atoms with Gasteiger partial charge in [-0.2, -0.15) is 4.39 Å². The molecule has 1 amide bonds. The Kier molecular flexibility index (Phi) is 7.47. The first-order chi connectivity index (χ1) is 19.1. The highest BCUT2D eigenvalue weighted by atomic mass is 32.1. The third kappa shape index (κ3) is 5.36. The second-order valence-corrected chi connectivity index (χ2v) is 11.1. The van der Waals surface area contributed by atoms with E-state index in [-0.39, 0.29) is 16.9 Å². The van der Waals surface area contributed by atoms with Crippen LogP contribution in [0, 0.1) is 17.9 Å². The number of hydrogen-bond donors (Lipinski definition) is 1. The van der Waals surface area contributed by atoms with Crippen LogP contribution in [-0.4, -0.2) is 19.0 Å². The standard InChI is InChI=1S/C32H29F2NO4S/c1-18-5-11-24(33)16-26(18)19(2)39-31(37)35-27-17-29(34)40-30(27)22-8-12-25(28(15-22)38-4)21-6-9-23(10-7-21)32(13-14-32)20(3)36/h5-12,15-17,19H,13-14H2,1-4H3,(H,35,37). The van der Waals surface area contributed by atoms with Crippen molar-refractivity contribution in [2.24, 2.45) is 0 Å². The molecule has 5 rings (SSSR count). The average molecular weight is 562 g/mol. The molecule has 1 aromatic heterocycles. The van der Waals surface area contributed by atoms with E-state index in [1.807, 2.05) is 36.4 Å². The van der Waals surface area contributed by atoms with Gasteiger partial charge in [0, 0.05) is 11.6 Å². The summed E-state index contributed by atoms with van der Waals surface area (Å²) in [6.07, 6.45) is 0.269. The maximum Gasteiger partial charge on any atom is 0.412 e. The van der Waals surface area contributed by atoms with Gasteiger partial charge in [0.2, 0.25) is 0 Å². The second kappa shape index (κ2) is 10.8. The predicted octanol–water partition coefficient (Wildman–Crippen LogP) is 8.61. The highest BCUT2D eigenvalue weighted by Gasteiger charge is 2.48. The molecule has 1 saturated carbocycles. The molecule has 0 saturated heterocycles. The zero-order valence-electron chi connectivity index (χ0n) is 22.6. The molecule has 1 heterocycles. The minimum atomic E-state index is -0.780. The topological polar surface area (TPSA) is 64.6 Å². The molecule has 1 atom stereocenters. The molecule has 1 unspecified atom stereocenters. The molecule has 1 aliphatic rings. The van der Waals surface area contributed by atoms with Crippen LogP contribution in [0.25, 0.3) is 21.6 Å². The number of halogens is 2. The number of carbonyl (C=O) groups excluding carboxylic acids is 2. The first kappa shape index (κ1) is 27.5. The Balaban J connectivity index is 1.36. The fraction of sp³-hybridized carbons (Fsp3) is 0.250. The van der Waals surface area contributed by atoms with Crippen molar-refractivity contribution in [2.45, 2.75) is 45.1 Å². The van der Waals surface area contributed by atoms with Crippen LogP contribution >= 0.6 is 11.3 Å². The molecule has 0 bridgehead atoms. The summed E-state index contributed by atoms with van der Waals surface area (Å²) in [4.78, 5) is 25.3. The number of ether oxygens (including phenoxy) is 2. The number of benzene rings is 3. The Hall–Kier alpha value is -4.04. The number of ketones is 1. The number of nitrogens with one attached hydrogen (secondary N) is 1. The fourth-order valence-corrected chi connectivity index (χ4v) is 5.93. The molecule has 1 aliphatic carbocycles. The summed E-state index contributed by atoms with van der Waals surface area (Å²) < 4.78 is 39.3. The summed E-state index contributed by atoms with van der Waals surface area (Å²) in [7, 11) is 1.56. The van der Waals surface area contributed by atoms with Crippen LogP contribution in [0.2, 0.25) is 0 Å². The number of thiophene rings is 1. The van der Waals surface area contributed by atoms with Crippen molar-refractivity contribution >= 4 is 28.9 Å². The minimum Gasteiger partial charge on any atom is -0.496 e. The zero-order valence-corrected chi connectivity index (χ0v) is 23.5. The number of carbonyl (C=O) groups is 2. The van der Waals surface area contributed by atoms with Crippen LogP contribution in [0.4, 0.5) is 19.3 Å². The second-order valence-electron chi connectivity index (χ2n) is 10.1. The number of amides is 1. The van der Waals surface area contributed by atoms with E-state index < -0.39 is 23.1 Å². The third-order valence-electron chi connectivity index (χ3n) is 7.54. The number of hydrogen-bond acceptors (Lipinski definition) is 5. The van der Waals surface area contributed by atoms with Gasteiger partial charge in [-0.3, -0.25) is 10.1 Å². The Morgan fingerprint density at radius 2 is 1.68 bits per heavy atom. The Morgan fingerprint density at radius 3 is 2.33 bits per heavy atom. The number of rotatable bonds is 8. The zero-order chi connectivity index (χ0) is 28.6. The summed E-state index contributed by atoms with van der Waals surface area (Å²) in [5, 5.41) is 2.16. The smallest absolute Gasteiger partial charge is 0.412 e. The molecule has 0 aliphatic heterocycles. The summed E-state index contributed by atoms with van der Waals surface area (Å²) in [5.74, 6) is 0.350. The normalized spacial score (nSPS) is 14.3. The molecule has 4 aromatic rings. The van der Waals surface area contributed by atoms with Crippen molar-refractivity contribution in [2.75, 3.05) is 12.4 Å². The van der Waals surface area contributed by atoms with Gasteiger partial charge in [0.15, 0.2) is 5.13 Å². The van der Waals surface area contributed by atoms with Gasteiger partial charge >= 0.3 is 6.09 Å². The van der Waals surface area contributed by atoms with E-state index in [9.17, 15) is 18.4 Å². The van der Waals surface area contributed by atoms with Crippen LogP contribution in [-0.2, 0) is 14.9 Å². The lowest BCUT2D eigenvalue weighted by Gasteiger charge is -2.17. The Morgan fingerprint density at radius 1 is 0.975 bits per heavy atom. The largest absolute Gasteiger partial charge is 0.496 e. The molecule has 1 fully saturated rings. The monoisotopic (exact) mass is 561 g/mol. The average Bonchev–Trinajstić information content (AvgIpc) is 3.67. The van der Waals surface area contributed by atoms with Crippen molar-refractivity contribution in [3.63, 3.8) is 0 Å². The maximum absolute atomic E-state index is 14.4. The fourth-order valence-electron chi connectivity index (χ4n) is 5.09. The van der Waals surface area contributed by atoms with Crippen molar-refractivity contribution in [1.29, 1.82) is 0 Å². The molecule has 40 heavy (non-hydrogen) atoms. The molecule has 0 spiro atoms. The van der Waals surface area contributed by atoms with Crippen LogP contribution in [0.3, 0.4) is 0 Å². The van der Waals surface area contributed by atoms with Crippen molar-refractivity contribution in [3.05, 3.63) is 94.4 Å². The van der Waals surface area contributed by atoms with E-state index >= 15 is 0 Å². The van der Waals surface area contributed by atoms with Crippen molar-refractivity contribution in [1.82, 2.24) is 0 Å². The van der Waals surface area contributed by atoms with E-state index in [0.717, 1.165) is 46.4 Å². The number of Topliss-reactive ketones (excluding diaryl/α,β-unsaturated/α-hetero) is 1. The molecule has 8 heteroatoms. The molecule has 3 aromatic carbocycles. The highest BCUT2D eigenvalue weighted by molar-refractivity contribution is 7.14. The van der Waals surface area contributed by atoms with Crippen molar-refractivity contribution < 1.29 is 27.8 Å². The minimum absolute atomic E-state index is 0.192. The summed E-state index contributed by atoms with van der Waals surface area (Å²) in [6, 6.07) is 19.0. The van der Waals surface area contributed by atoms with E-state index in [1.165, 1.54) is 18.2 Å². The van der Waals surface area contributed by atoms with Gasteiger partial charge in [-0.05, 0) is 79.6 Å². The van der Waals surface area contributed by atoms with E-state index in [4.69, 9.17) is 9.47 Å². The summed E-state index contributed by atoms with van der Waals surface area (Å²) in [6.45, 7) is 5.10. The lowest BCUT2D eigenvalue weighted by atomic mass is 9.90. The molecular formula is C32H29F2NO4S. The quantitative estimate of drug-likeness (QED) is 0.234. The van der Waals surface area contributed by atoms with Gasteiger partial charge in [-0.15, -0.1) is 11.3 Å². The molecule has 206 valence electrons. The first-order valence-corrected chi connectivity index (χ1v) is 13.8. The van der Waals surface area contributed by atoms with Crippen LogP contribution in [0.15, 0.2) is 66.7 Å². The molecular weight excluding hydrogens is 532 g/mol. The molecule has 1 N–H and O–H groups in total. The Bertz CT molecular complexity index is 1590. The van der Waals surface area contributed by atoms with Gasteiger partial charge in [0.05, 0.1) is 23.1 Å². The van der Waals surface area contributed by atoms with E-state index in [1.54, 1.807) is 40.0 Å². The van der Waals surface area contributed by atoms with Crippen molar-refractivity contribution in [3.8, 4) is 27.3 Å². The first-order valence-electron chi connectivity index (χ1n) is 12.9. The lowest BCUT2D eigenvalue weighted by Crippen LogP contribution is -2.16.